The molecule has 3 N–H and O–H groups in total. The molecular formula is C22H41N7O. The molecule has 1 atom stereocenters. The molecular weight excluding hydrogens is 378 g/mol. The van der Waals surface area contributed by atoms with Gasteiger partial charge in [-0.1, -0.05) is 13.8 Å². The summed E-state index contributed by atoms with van der Waals surface area (Å²) in [5, 5.41) is 16.1. The minimum absolute atomic E-state index is 0.237. The van der Waals surface area contributed by atoms with E-state index >= 15 is 0 Å². The number of aliphatic imine (C=N–C) groups is 1. The third-order valence-corrected chi connectivity index (χ3v) is 5.34. The minimum atomic E-state index is 0.237. The summed E-state index contributed by atoms with van der Waals surface area (Å²) in [5.74, 6) is 2.79. The molecule has 1 aromatic heterocycles. The van der Waals surface area contributed by atoms with Crippen molar-refractivity contribution in [1.29, 1.82) is 0 Å². The van der Waals surface area contributed by atoms with Crippen LogP contribution >= 0.6 is 0 Å². The number of rotatable bonds is 12. The molecule has 170 valence electrons. The van der Waals surface area contributed by atoms with Gasteiger partial charge in [0, 0.05) is 64.8 Å². The van der Waals surface area contributed by atoms with Crippen molar-refractivity contribution in [1.82, 2.24) is 25.5 Å². The zero-order chi connectivity index (χ0) is 21.6. The summed E-state index contributed by atoms with van der Waals surface area (Å²) in [6, 6.07) is 1.86. The SMILES string of the molecule is CCNC(=NCC(CCO)CC(C)C)NCCCN1CCN(c2ncccn2)CC1. The van der Waals surface area contributed by atoms with E-state index in [1.807, 2.05) is 6.07 Å². The molecule has 8 nitrogen and oxygen atoms in total. The van der Waals surface area contributed by atoms with Gasteiger partial charge in [-0.2, -0.15) is 0 Å². The smallest absolute Gasteiger partial charge is 0.225 e. The highest BCUT2D eigenvalue weighted by Crippen LogP contribution is 2.15. The molecule has 1 unspecified atom stereocenters. The minimum Gasteiger partial charge on any atom is -0.396 e. The first-order chi connectivity index (χ1) is 14.6. The van der Waals surface area contributed by atoms with E-state index in [1.165, 1.54) is 0 Å². The molecule has 0 saturated carbocycles. The first kappa shape index (κ1) is 24.3. The van der Waals surface area contributed by atoms with Gasteiger partial charge in [-0.3, -0.25) is 9.89 Å². The Labute approximate surface area is 182 Å². The molecule has 0 radical (unpaired) electrons. The van der Waals surface area contributed by atoms with E-state index < -0.39 is 0 Å². The molecule has 1 aromatic rings. The molecule has 0 spiro atoms. The van der Waals surface area contributed by atoms with Gasteiger partial charge in [0.2, 0.25) is 5.95 Å². The Morgan fingerprint density at radius 2 is 1.90 bits per heavy atom. The summed E-state index contributed by atoms with van der Waals surface area (Å²) in [4.78, 5) is 18.2. The van der Waals surface area contributed by atoms with E-state index in [0.29, 0.717) is 11.8 Å². The Bertz CT molecular complexity index is 588. The standard InChI is InChI=1S/C22H41N7O/c1-4-23-21(27-18-20(7-16-30)17-19(2)3)24-10-6-11-28-12-14-29(15-13-28)22-25-8-5-9-26-22/h5,8-9,19-20,30H,4,6-7,10-18H2,1-3H3,(H2,23,24,27). The number of piperazine rings is 1. The molecule has 0 aromatic carbocycles. The van der Waals surface area contributed by atoms with E-state index in [2.05, 4.69) is 51.2 Å². The fourth-order valence-corrected chi connectivity index (χ4v) is 3.83. The van der Waals surface area contributed by atoms with Crippen molar-refractivity contribution >= 4 is 11.9 Å². The fraction of sp³-hybridized carbons (Fsp3) is 0.773. The van der Waals surface area contributed by atoms with Crippen molar-refractivity contribution in [2.45, 2.75) is 40.0 Å². The number of aliphatic hydroxyl groups is 1. The highest BCUT2D eigenvalue weighted by atomic mass is 16.3. The lowest BCUT2D eigenvalue weighted by Crippen LogP contribution is -2.47. The second-order valence-electron chi connectivity index (χ2n) is 8.39. The summed E-state index contributed by atoms with van der Waals surface area (Å²) in [6.45, 7) is 14.4. The maximum Gasteiger partial charge on any atom is 0.225 e. The largest absolute Gasteiger partial charge is 0.396 e. The molecule has 1 saturated heterocycles. The first-order valence-electron chi connectivity index (χ1n) is 11.5. The molecule has 0 aliphatic carbocycles. The molecule has 0 amide bonds. The van der Waals surface area contributed by atoms with Crippen LogP contribution in [0.2, 0.25) is 0 Å². The predicted molar refractivity (Wildman–Crippen MR) is 124 cm³/mol. The number of nitrogens with zero attached hydrogens (tertiary/aromatic N) is 5. The Balaban J connectivity index is 1.68. The number of hydrogen-bond acceptors (Lipinski definition) is 6. The fourth-order valence-electron chi connectivity index (χ4n) is 3.83. The molecule has 1 aliphatic rings. The maximum absolute atomic E-state index is 9.30. The van der Waals surface area contributed by atoms with Crippen molar-refractivity contribution in [2.24, 2.45) is 16.8 Å². The third-order valence-electron chi connectivity index (χ3n) is 5.34. The lowest BCUT2D eigenvalue weighted by atomic mass is 9.94. The quantitative estimate of drug-likeness (QED) is 0.269. The van der Waals surface area contributed by atoms with Crippen molar-refractivity contribution in [3.63, 3.8) is 0 Å². The van der Waals surface area contributed by atoms with Crippen molar-refractivity contribution in [2.75, 3.05) is 63.9 Å². The number of aromatic nitrogens is 2. The molecule has 8 heteroatoms. The topological polar surface area (TPSA) is 88.9 Å². The van der Waals surface area contributed by atoms with Crippen LogP contribution in [0.3, 0.4) is 0 Å². The van der Waals surface area contributed by atoms with Crippen LogP contribution < -0.4 is 15.5 Å². The molecule has 1 aliphatic heterocycles. The van der Waals surface area contributed by atoms with Crippen LogP contribution in [-0.4, -0.2) is 84.9 Å². The molecule has 1 fully saturated rings. The zero-order valence-corrected chi connectivity index (χ0v) is 19.1. The average Bonchev–Trinajstić information content (AvgIpc) is 2.75. The van der Waals surface area contributed by atoms with E-state index in [-0.39, 0.29) is 6.61 Å². The van der Waals surface area contributed by atoms with Crippen molar-refractivity contribution < 1.29 is 5.11 Å². The average molecular weight is 420 g/mol. The van der Waals surface area contributed by atoms with Gasteiger partial charge in [0.05, 0.1) is 0 Å². The number of guanidine groups is 1. The molecule has 2 rings (SSSR count). The molecule has 2 heterocycles. The van der Waals surface area contributed by atoms with Gasteiger partial charge in [-0.15, -0.1) is 0 Å². The predicted octanol–water partition coefficient (Wildman–Crippen LogP) is 1.59. The monoisotopic (exact) mass is 419 g/mol. The summed E-state index contributed by atoms with van der Waals surface area (Å²) in [5.41, 5.74) is 0. The highest BCUT2D eigenvalue weighted by Gasteiger charge is 2.18. The first-order valence-corrected chi connectivity index (χ1v) is 11.5. The third kappa shape index (κ3) is 9.26. The number of nitrogens with one attached hydrogen (secondary N) is 2. The van der Waals surface area contributed by atoms with Crippen LogP contribution in [0.25, 0.3) is 0 Å². The summed E-state index contributed by atoms with van der Waals surface area (Å²) in [6.07, 6.45) is 6.61. The van der Waals surface area contributed by atoms with E-state index in [0.717, 1.165) is 83.5 Å². The summed E-state index contributed by atoms with van der Waals surface area (Å²) in [7, 11) is 0. The van der Waals surface area contributed by atoms with Gasteiger partial charge in [-0.25, -0.2) is 9.97 Å². The zero-order valence-electron chi connectivity index (χ0n) is 19.1. The van der Waals surface area contributed by atoms with Gasteiger partial charge >= 0.3 is 0 Å². The van der Waals surface area contributed by atoms with Crippen LogP contribution in [0.15, 0.2) is 23.5 Å². The van der Waals surface area contributed by atoms with E-state index in [4.69, 9.17) is 4.99 Å². The maximum atomic E-state index is 9.30. The van der Waals surface area contributed by atoms with Crippen molar-refractivity contribution in [3.05, 3.63) is 18.5 Å². The number of hydrogen-bond donors (Lipinski definition) is 3. The number of anilines is 1. The van der Waals surface area contributed by atoms with Crippen LogP contribution in [0.1, 0.15) is 40.0 Å². The molecule has 30 heavy (non-hydrogen) atoms. The summed E-state index contributed by atoms with van der Waals surface area (Å²) < 4.78 is 0. The lowest BCUT2D eigenvalue weighted by Gasteiger charge is -2.34. The van der Waals surface area contributed by atoms with Gasteiger partial charge in [0.1, 0.15) is 0 Å². The summed E-state index contributed by atoms with van der Waals surface area (Å²) >= 11 is 0. The Hall–Kier alpha value is -1.93. The Morgan fingerprint density at radius 3 is 2.53 bits per heavy atom. The van der Waals surface area contributed by atoms with Crippen LogP contribution in [0, 0.1) is 11.8 Å². The van der Waals surface area contributed by atoms with Gasteiger partial charge in [-0.05, 0) is 50.6 Å². The van der Waals surface area contributed by atoms with E-state index in [9.17, 15) is 5.11 Å². The second kappa shape index (κ2) is 14.1. The van der Waals surface area contributed by atoms with Crippen LogP contribution in [0.4, 0.5) is 5.95 Å². The van der Waals surface area contributed by atoms with Gasteiger partial charge in [0.25, 0.3) is 0 Å². The normalized spacial score (nSPS) is 16.7. The number of aliphatic hydroxyl groups excluding tert-OH is 1. The molecule has 0 bridgehead atoms. The highest BCUT2D eigenvalue weighted by molar-refractivity contribution is 5.79. The van der Waals surface area contributed by atoms with Crippen LogP contribution in [-0.2, 0) is 0 Å². The Kier molecular flexibility index (Phi) is 11.5. The van der Waals surface area contributed by atoms with Crippen molar-refractivity contribution in [3.8, 4) is 0 Å². The van der Waals surface area contributed by atoms with Crippen LogP contribution in [0.5, 0.6) is 0 Å². The van der Waals surface area contributed by atoms with Gasteiger partial charge in [0.15, 0.2) is 5.96 Å². The lowest BCUT2D eigenvalue weighted by molar-refractivity contribution is 0.245. The Morgan fingerprint density at radius 1 is 1.17 bits per heavy atom. The second-order valence-corrected chi connectivity index (χ2v) is 8.39. The van der Waals surface area contributed by atoms with E-state index in [1.54, 1.807) is 12.4 Å². The van der Waals surface area contributed by atoms with Gasteiger partial charge < -0.3 is 20.6 Å².